The number of nitrogens with zero attached hydrogens (tertiary/aromatic N) is 3. The Morgan fingerprint density at radius 3 is 2.37 bits per heavy atom. The van der Waals surface area contributed by atoms with Crippen molar-refractivity contribution in [3.05, 3.63) is 56.3 Å². The first-order valence-electron chi connectivity index (χ1n) is 8.70. The maximum absolute atomic E-state index is 12.3. The minimum atomic E-state index is -0.348. The van der Waals surface area contributed by atoms with Gasteiger partial charge in [0.05, 0.1) is 0 Å². The third-order valence-electron chi connectivity index (χ3n) is 4.70. The van der Waals surface area contributed by atoms with E-state index in [2.05, 4.69) is 10.6 Å². The van der Waals surface area contributed by atoms with E-state index in [0.717, 1.165) is 4.57 Å². The van der Waals surface area contributed by atoms with Crippen LogP contribution in [0.5, 0.6) is 0 Å². The minimum absolute atomic E-state index is 0.0185. The molecule has 1 fully saturated rings. The van der Waals surface area contributed by atoms with Crippen LogP contribution in [-0.4, -0.2) is 34.3 Å². The molecule has 0 radical (unpaired) electrons. The lowest BCUT2D eigenvalue weighted by Crippen LogP contribution is -2.48. The van der Waals surface area contributed by atoms with Crippen LogP contribution >= 0.6 is 11.6 Å². The third kappa shape index (κ3) is 4.33. The SMILES string of the molecule is Cn1cc(N2CCC(NC(=O)Nc3ccc(Cl)cc3)CC2)c(=O)n(C)c1=O. The van der Waals surface area contributed by atoms with E-state index in [4.69, 9.17) is 11.6 Å². The van der Waals surface area contributed by atoms with Crippen LogP contribution in [0.3, 0.4) is 0 Å². The van der Waals surface area contributed by atoms with Gasteiger partial charge in [0.2, 0.25) is 0 Å². The van der Waals surface area contributed by atoms with E-state index in [1.165, 1.54) is 11.6 Å². The van der Waals surface area contributed by atoms with Crippen molar-refractivity contribution >= 4 is 29.0 Å². The molecule has 2 heterocycles. The Balaban J connectivity index is 1.58. The summed E-state index contributed by atoms with van der Waals surface area (Å²) in [6, 6.07) is 6.64. The second kappa shape index (κ2) is 7.87. The molecular formula is C18H22ClN5O3. The Morgan fingerprint density at radius 2 is 1.74 bits per heavy atom. The van der Waals surface area contributed by atoms with Crippen molar-refractivity contribution < 1.29 is 4.79 Å². The summed E-state index contributed by atoms with van der Waals surface area (Å²) in [6.07, 6.45) is 2.99. The van der Waals surface area contributed by atoms with Crippen molar-refractivity contribution in [1.29, 1.82) is 0 Å². The van der Waals surface area contributed by atoms with Crippen molar-refractivity contribution in [1.82, 2.24) is 14.5 Å². The highest BCUT2D eigenvalue weighted by atomic mass is 35.5. The monoisotopic (exact) mass is 391 g/mol. The summed E-state index contributed by atoms with van der Waals surface area (Å²) in [5.74, 6) is 0. The van der Waals surface area contributed by atoms with E-state index in [1.54, 1.807) is 37.5 Å². The molecule has 2 aromatic rings. The highest BCUT2D eigenvalue weighted by molar-refractivity contribution is 6.30. The Hall–Kier alpha value is -2.74. The lowest BCUT2D eigenvalue weighted by Gasteiger charge is -2.33. The van der Waals surface area contributed by atoms with Gasteiger partial charge in [0, 0.05) is 50.1 Å². The van der Waals surface area contributed by atoms with Gasteiger partial charge in [0.1, 0.15) is 5.69 Å². The lowest BCUT2D eigenvalue weighted by atomic mass is 10.0. The molecular weight excluding hydrogens is 370 g/mol. The number of nitrogens with one attached hydrogen (secondary N) is 2. The van der Waals surface area contributed by atoms with Gasteiger partial charge in [0.15, 0.2) is 0 Å². The van der Waals surface area contributed by atoms with Crippen molar-refractivity contribution in [2.45, 2.75) is 18.9 Å². The first-order chi connectivity index (χ1) is 12.8. The van der Waals surface area contributed by atoms with Crippen molar-refractivity contribution in [3.63, 3.8) is 0 Å². The second-order valence-electron chi connectivity index (χ2n) is 6.64. The summed E-state index contributed by atoms with van der Waals surface area (Å²) in [5.41, 5.74) is 0.524. The number of carbonyl (C=O) groups excluding carboxylic acids is 1. The van der Waals surface area contributed by atoms with Gasteiger partial charge < -0.3 is 20.1 Å². The number of hydrogen-bond donors (Lipinski definition) is 2. The highest BCUT2D eigenvalue weighted by Gasteiger charge is 2.23. The fraction of sp³-hybridized carbons (Fsp3) is 0.389. The minimum Gasteiger partial charge on any atom is -0.366 e. The largest absolute Gasteiger partial charge is 0.366 e. The van der Waals surface area contributed by atoms with Crippen LogP contribution in [0.25, 0.3) is 0 Å². The fourth-order valence-corrected chi connectivity index (χ4v) is 3.28. The van der Waals surface area contributed by atoms with E-state index in [9.17, 15) is 14.4 Å². The summed E-state index contributed by atoms with van der Waals surface area (Å²) in [7, 11) is 3.10. The smallest absolute Gasteiger partial charge is 0.330 e. The van der Waals surface area contributed by atoms with Gasteiger partial charge in [-0.25, -0.2) is 9.59 Å². The molecule has 3 rings (SSSR count). The highest BCUT2D eigenvalue weighted by Crippen LogP contribution is 2.17. The molecule has 0 atom stereocenters. The average Bonchev–Trinajstić information content (AvgIpc) is 2.65. The van der Waals surface area contributed by atoms with Crippen molar-refractivity contribution in [2.75, 3.05) is 23.3 Å². The van der Waals surface area contributed by atoms with Crippen LogP contribution < -0.4 is 26.8 Å². The quantitative estimate of drug-likeness (QED) is 0.830. The number of rotatable bonds is 3. The topological polar surface area (TPSA) is 88.4 Å². The molecule has 9 heteroatoms. The fourth-order valence-electron chi connectivity index (χ4n) is 3.16. The molecule has 2 N–H and O–H groups in total. The van der Waals surface area contributed by atoms with Crippen LogP contribution in [0.4, 0.5) is 16.2 Å². The van der Waals surface area contributed by atoms with Gasteiger partial charge in [-0.05, 0) is 37.1 Å². The summed E-state index contributed by atoms with van der Waals surface area (Å²) in [5, 5.41) is 6.34. The van der Waals surface area contributed by atoms with E-state index in [1.807, 2.05) is 4.90 Å². The number of anilines is 2. The molecule has 27 heavy (non-hydrogen) atoms. The van der Waals surface area contributed by atoms with Gasteiger partial charge in [-0.2, -0.15) is 0 Å². The Labute approximate surface area is 161 Å². The molecule has 0 bridgehead atoms. The zero-order valence-corrected chi connectivity index (χ0v) is 16.0. The Kier molecular flexibility index (Phi) is 5.55. The van der Waals surface area contributed by atoms with Gasteiger partial charge in [-0.15, -0.1) is 0 Å². The van der Waals surface area contributed by atoms with Crippen LogP contribution in [0, 0.1) is 0 Å². The zero-order chi connectivity index (χ0) is 19.6. The maximum atomic E-state index is 12.3. The molecule has 0 saturated carbocycles. The molecule has 0 unspecified atom stereocenters. The standard InChI is InChI=1S/C18H22ClN5O3/c1-22-11-15(16(25)23(2)18(22)27)24-9-7-14(8-10-24)21-17(26)20-13-5-3-12(19)4-6-13/h3-6,11,14H,7-10H2,1-2H3,(H2,20,21,26). The maximum Gasteiger partial charge on any atom is 0.330 e. The molecule has 8 nitrogen and oxygen atoms in total. The molecule has 1 aromatic carbocycles. The first kappa shape index (κ1) is 19.0. The molecule has 1 aliphatic heterocycles. The first-order valence-corrected chi connectivity index (χ1v) is 9.07. The van der Waals surface area contributed by atoms with Gasteiger partial charge in [-0.3, -0.25) is 9.36 Å². The zero-order valence-electron chi connectivity index (χ0n) is 15.2. The molecule has 144 valence electrons. The Bertz CT molecular complexity index is 943. The number of piperidine rings is 1. The van der Waals surface area contributed by atoms with Crippen molar-refractivity contribution in [3.8, 4) is 0 Å². The normalized spacial score (nSPS) is 14.9. The van der Waals surface area contributed by atoms with E-state index in [-0.39, 0.29) is 23.3 Å². The number of aryl methyl sites for hydroxylation is 1. The average molecular weight is 392 g/mol. The molecule has 2 amide bonds. The predicted octanol–water partition coefficient (Wildman–Crippen LogP) is 1.53. The lowest BCUT2D eigenvalue weighted by molar-refractivity contribution is 0.246. The number of hydrogen-bond acceptors (Lipinski definition) is 4. The molecule has 1 saturated heterocycles. The van der Waals surface area contributed by atoms with E-state index in [0.29, 0.717) is 42.3 Å². The number of halogens is 1. The van der Waals surface area contributed by atoms with Gasteiger partial charge in [-0.1, -0.05) is 11.6 Å². The Morgan fingerprint density at radius 1 is 1.11 bits per heavy atom. The van der Waals surface area contributed by atoms with Crippen LogP contribution in [-0.2, 0) is 14.1 Å². The van der Waals surface area contributed by atoms with Crippen LogP contribution in [0.2, 0.25) is 5.02 Å². The second-order valence-corrected chi connectivity index (χ2v) is 7.08. The molecule has 1 aromatic heterocycles. The van der Waals surface area contributed by atoms with E-state index < -0.39 is 0 Å². The summed E-state index contributed by atoms with van der Waals surface area (Å²) in [6.45, 7) is 1.25. The predicted molar refractivity (Wildman–Crippen MR) is 106 cm³/mol. The van der Waals surface area contributed by atoms with E-state index >= 15 is 0 Å². The summed E-state index contributed by atoms with van der Waals surface area (Å²) in [4.78, 5) is 38.3. The van der Waals surface area contributed by atoms with Crippen LogP contribution in [0.1, 0.15) is 12.8 Å². The number of urea groups is 1. The summed E-state index contributed by atoms with van der Waals surface area (Å²) < 4.78 is 2.51. The van der Waals surface area contributed by atoms with Crippen molar-refractivity contribution in [2.24, 2.45) is 14.1 Å². The van der Waals surface area contributed by atoms with Gasteiger partial charge >= 0.3 is 11.7 Å². The number of amides is 2. The third-order valence-corrected chi connectivity index (χ3v) is 4.95. The molecule has 0 aliphatic carbocycles. The van der Waals surface area contributed by atoms with Gasteiger partial charge in [0.25, 0.3) is 5.56 Å². The number of aromatic nitrogens is 2. The summed E-state index contributed by atoms with van der Waals surface area (Å²) >= 11 is 5.83. The molecule has 0 spiro atoms. The number of carbonyl (C=O) groups is 1. The van der Waals surface area contributed by atoms with Crippen LogP contribution in [0.15, 0.2) is 40.1 Å². The molecule has 1 aliphatic rings. The number of benzene rings is 1.